The highest BCUT2D eigenvalue weighted by atomic mass is 35.5. The Kier molecular flexibility index (Phi) is 5.10. The minimum absolute atomic E-state index is 0.0361. The zero-order chi connectivity index (χ0) is 18.8. The molecule has 1 aliphatic heterocycles. The molecular formula is C22H22ClN3O. The van der Waals surface area contributed by atoms with Crippen LogP contribution in [0.4, 0.5) is 0 Å². The van der Waals surface area contributed by atoms with Crippen molar-refractivity contribution in [2.75, 3.05) is 13.1 Å². The number of amides is 1. The number of pyridine rings is 1. The zero-order valence-corrected chi connectivity index (χ0v) is 16.0. The van der Waals surface area contributed by atoms with Gasteiger partial charge in [0.05, 0.1) is 5.52 Å². The number of carbonyl (C=O) groups excluding carboxylic acids is 1. The van der Waals surface area contributed by atoms with Gasteiger partial charge in [-0.25, -0.2) is 4.98 Å². The van der Waals surface area contributed by atoms with Crippen LogP contribution in [0.2, 0.25) is 5.15 Å². The zero-order valence-electron chi connectivity index (χ0n) is 15.2. The molecule has 3 aromatic rings. The maximum absolute atomic E-state index is 12.7. The lowest BCUT2D eigenvalue weighted by molar-refractivity contribution is 0.0936. The predicted octanol–water partition coefficient (Wildman–Crippen LogP) is 4.45. The van der Waals surface area contributed by atoms with Crippen molar-refractivity contribution in [1.82, 2.24) is 15.2 Å². The molecule has 1 saturated heterocycles. The molecule has 2 aromatic carbocycles. The van der Waals surface area contributed by atoms with Crippen LogP contribution in [0.25, 0.3) is 10.9 Å². The van der Waals surface area contributed by atoms with E-state index in [1.807, 2.05) is 24.3 Å². The van der Waals surface area contributed by atoms with Crippen LogP contribution in [0.5, 0.6) is 0 Å². The molecule has 2 heterocycles. The first kappa shape index (κ1) is 18.0. The minimum atomic E-state index is -0.0361. The molecule has 138 valence electrons. The van der Waals surface area contributed by atoms with Crippen LogP contribution in [0.15, 0.2) is 60.7 Å². The lowest BCUT2D eigenvalue weighted by atomic mass is 10.1. The van der Waals surface area contributed by atoms with Crippen molar-refractivity contribution in [2.45, 2.75) is 25.4 Å². The first-order valence-corrected chi connectivity index (χ1v) is 9.64. The summed E-state index contributed by atoms with van der Waals surface area (Å²) in [5.41, 5.74) is 2.76. The van der Waals surface area contributed by atoms with Crippen molar-refractivity contribution in [3.8, 4) is 0 Å². The van der Waals surface area contributed by atoms with E-state index in [-0.39, 0.29) is 11.9 Å². The molecule has 0 saturated carbocycles. The molecular weight excluding hydrogens is 358 g/mol. The number of halogens is 1. The smallest absolute Gasteiger partial charge is 0.251 e. The first-order chi connectivity index (χ1) is 13.1. The number of nitrogens with one attached hydrogen (secondary N) is 1. The SMILES string of the molecule is CC(c1ccccc1)N1CCC(NC(=O)c2ccc3nc(Cl)ccc3c2)C1. The van der Waals surface area contributed by atoms with E-state index >= 15 is 0 Å². The number of carbonyl (C=O) groups is 1. The van der Waals surface area contributed by atoms with Gasteiger partial charge in [0.15, 0.2) is 0 Å². The number of benzene rings is 2. The van der Waals surface area contributed by atoms with Gasteiger partial charge in [0, 0.05) is 36.1 Å². The summed E-state index contributed by atoms with van der Waals surface area (Å²) in [6, 6.07) is 20.2. The molecule has 0 radical (unpaired) electrons. The van der Waals surface area contributed by atoms with Crippen LogP contribution in [0.3, 0.4) is 0 Å². The number of nitrogens with zero attached hydrogens (tertiary/aromatic N) is 2. The maximum Gasteiger partial charge on any atom is 0.251 e. The Balaban J connectivity index is 1.41. The van der Waals surface area contributed by atoms with Crippen molar-refractivity contribution in [3.05, 3.63) is 76.9 Å². The van der Waals surface area contributed by atoms with Gasteiger partial charge in [-0.05, 0) is 49.2 Å². The number of hydrogen-bond acceptors (Lipinski definition) is 3. The lowest BCUT2D eigenvalue weighted by Gasteiger charge is -2.24. The second kappa shape index (κ2) is 7.67. The Hall–Kier alpha value is -2.43. The molecule has 1 fully saturated rings. The van der Waals surface area contributed by atoms with Gasteiger partial charge in [-0.15, -0.1) is 0 Å². The number of aromatic nitrogens is 1. The van der Waals surface area contributed by atoms with E-state index < -0.39 is 0 Å². The summed E-state index contributed by atoms with van der Waals surface area (Å²) in [5, 5.41) is 4.55. The topological polar surface area (TPSA) is 45.2 Å². The van der Waals surface area contributed by atoms with E-state index in [1.54, 1.807) is 12.1 Å². The third kappa shape index (κ3) is 3.97. The van der Waals surface area contributed by atoms with E-state index in [1.165, 1.54) is 5.56 Å². The molecule has 0 spiro atoms. The average molecular weight is 380 g/mol. The molecule has 27 heavy (non-hydrogen) atoms. The molecule has 2 atom stereocenters. The van der Waals surface area contributed by atoms with E-state index in [0.717, 1.165) is 30.4 Å². The van der Waals surface area contributed by atoms with Gasteiger partial charge in [0.1, 0.15) is 5.15 Å². The maximum atomic E-state index is 12.7. The van der Waals surface area contributed by atoms with Gasteiger partial charge < -0.3 is 5.32 Å². The number of hydrogen-bond donors (Lipinski definition) is 1. The fraction of sp³-hybridized carbons (Fsp3) is 0.273. The highest BCUT2D eigenvalue weighted by Crippen LogP contribution is 2.25. The Bertz CT molecular complexity index is 960. The second-order valence-electron chi connectivity index (χ2n) is 7.08. The third-order valence-corrected chi connectivity index (χ3v) is 5.51. The molecule has 4 nitrogen and oxygen atoms in total. The highest BCUT2D eigenvalue weighted by Gasteiger charge is 2.28. The van der Waals surface area contributed by atoms with Crippen LogP contribution in [-0.4, -0.2) is 34.9 Å². The number of fused-ring (bicyclic) bond motifs is 1. The monoisotopic (exact) mass is 379 g/mol. The van der Waals surface area contributed by atoms with Gasteiger partial charge in [-0.2, -0.15) is 0 Å². The normalized spacial score (nSPS) is 18.5. The van der Waals surface area contributed by atoms with Crippen molar-refractivity contribution >= 4 is 28.4 Å². The van der Waals surface area contributed by atoms with Crippen molar-refractivity contribution < 1.29 is 4.79 Å². The summed E-state index contributed by atoms with van der Waals surface area (Å²) < 4.78 is 0. The van der Waals surface area contributed by atoms with Gasteiger partial charge in [0.2, 0.25) is 0 Å². The molecule has 4 rings (SSSR count). The molecule has 0 aliphatic carbocycles. The van der Waals surface area contributed by atoms with Crippen molar-refractivity contribution in [1.29, 1.82) is 0 Å². The number of rotatable bonds is 4. The van der Waals surface area contributed by atoms with E-state index in [2.05, 4.69) is 46.4 Å². The summed E-state index contributed by atoms with van der Waals surface area (Å²) in [5.74, 6) is -0.0361. The van der Waals surface area contributed by atoms with Crippen LogP contribution >= 0.6 is 11.6 Å². The van der Waals surface area contributed by atoms with Crippen molar-refractivity contribution in [3.63, 3.8) is 0 Å². The Morgan fingerprint density at radius 1 is 1.19 bits per heavy atom. The molecule has 2 unspecified atom stereocenters. The summed E-state index contributed by atoms with van der Waals surface area (Å²) in [6.07, 6.45) is 0.966. The molecule has 5 heteroatoms. The van der Waals surface area contributed by atoms with Gasteiger partial charge in [0.25, 0.3) is 5.91 Å². The summed E-state index contributed by atoms with van der Waals surface area (Å²) in [4.78, 5) is 19.4. The van der Waals surface area contributed by atoms with E-state index in [4.69, 9.17) is 11.6 Å². The molecule has 1 aliphatic rings. The van der Waals surface area contributed by atoms with Gasteiger partial charge in [-0.1, -0.05) is 41.9 Å². The highest BCUT2D eigenvalue weighted by molar-refractivity contribution is 6.29. The minimum Gasteiger partial charge on any atom is -0.348 e. The fourth-order valence-corrected chi connectivity index (χ4v) is 3.86. The van der Waals surface area contributed by atoms with E-state index in [0.29, 0.717) is 16.8 Å². The fourth-order valence-electron chi connectivity index (χ4n) is 3.71. The average Bonchev–Trinajstić information content (AvgIpc) is 3.16. The van der Waals surface area contributed by atoms with Crippen LogP contribution in [-0.2, 0) is 0 Å². The largest absolute Gasteiger partial charge is 0.348 e. The second-order valence-corrected chi connectivity index (χ2v) is 7.47. The summed E-state index contributed by atoms with van der Waals surface area (Å²) in [6.45, 7) is 4.08. The lowest BCUT2D eigenvalue weighted by Crippen LogP contribution is -2.37. The van der Waals surface area contributed by atoms with Gasteiger partial charge in [-0.3, -0.25) is 9.69 Å². The van der Waals surface area contributed by atoms with E-state index in [9.17, 15) is 4.79 Å². The van der Waals surface area contributed by atoms with Crippen LogP contribution in [0, 0.1) is 0 Å². The summed E-state index contributed by atoms with van der Waals surface area (Å²) in [7, 11) is 0. The van der Waals surface area contributed by atoms with Crippen LogP contribution in [0.1, 0.15) is 35.3 Å². The molecule has 1 aromatic heterocycles. The Morgan fingerprint density at radius 3 is 2.81 bits per heavy atom. The quantitative estimate of drug-likeness (QED) is 0.681. The van der Waals surface area contributed by atoms with Crippen LogP contribution < -0.4 is 5.32 Å². The molecule has 1 N–H and O–H groups in total. The Morgan fingerprint density at radius 2 is 2.00 bits per heavy atom. The third-order valence-electron chi connectivity index (χ3n) is 5.30. The first-order valence-electron chi connectivity index (χ1n) is 9.26. The molecule has 0 bridgehead atoms. The standard InChI is InChI=1S/C22H22ClN3O/c1-15(16-5-3-2-4-6-16)26-12-11-19(14-26)24-22(27)18-7-9-20-17(13-18)8-10-21(23)25-20/h2-10,13,15,19H,11-12,14H2,1H3,(H,24,27). The predicted molar refractivity (Wildman–Crippen MR) is 109 cm³/mol. The summed E-state index contributed by atoms with van der Waals surface area (Å²) >= 11 is 5.92. The Labute approximate surface area is 164 Å². The van der Waals surface area contributed by atoms with Crippen molar-refractivity contribution in [2.24, 2.45) is 0 Å². The molecule has 1 amide bonds. The number of likely N-dealkylation sites (tertiary alicyclic amines) is 1. The van der Waals surface area contributed by atoms with Gasteiger partial charge >= 0.3 is 0 Å².